The van der Waals surface area contributed by atoms with Crippen LogP contribution in [0.3, 0.4) is 0 Å². The van der Waals surface area contributed by atoms with Crippen molar-refractivity contribution >= 4 is 12.1 Å². The Balaban J connectivity index is 1.88. The smallest absolute Gasteiger partial charge is 0.278 e. The number of rotatable bonds is 8. The molecule has 1 aromatic carbocycles. The maximum atomic E-state index is 14.1. The van der Waals surface area contributed by atoms with Gasteiger partial charge in [0.15, 0.2) is 5.79 Å². The maximum Gasteiger partial charge on any atom is 0.278 e. The third-order valence-electron chi connectivity index (χ3n) is 5.87. The summed E-state index contributed by atoms with van der Waals surface area (Å²) in [7, 11) is 0. The standard InChI is InChI=1S/C23H29F2N3O4/c1-3-6-20(26-16-17(4-2)21(29)28-32-25)27-22(18-7-5-8-19(24)15-18)9-11-23(12-10-22)30-13-14-31-23/h4-8,15-16,27H,3,9-14H2,1-2H3,(H,28,29)/b17-4+,20-6-,26-16-. The van der Waals surface area contributed by atoms with Crippen molar-refractivity contribution in [2.45, 2.75) is 57.3 Å². The molecule has 2 aliphatic rings. The molecule has 2 fully saturated rings. The zero-order valence-corrected chi connectivity index (χ0v) is 18.3. The number of carbonyl (C=O) groups excluding carboxylic acids is 1. The fourth-order valence-corrected chi connectivity index (χ4v) is 4.19. The first-order chi connectivity index (χ1) is 15.5. The Bertz CT molecular complexity index is 885. The molecule has 0 atom stereocenters. The molecule has 1 aliphatic carbocycles. The minimum atomic E-state index is -0.760. The molecule has 3 rings (SSSR count). The Hall–Kier alpha value is -2.62. The summed E-state index contributed by atoms with van der Waals surface area (Å²) in [5.74, 6) is -1.14. The largest absolute Gasteiger partial charge is 0.361 e. The van der Waals surface area contributed by atoms with Crippen LogP contribution >= 0.6 is 0 Å². The molecule has 1 amide bonds. The number of nitrogens with zero attached hydrogens (tertiary/aromatic N) is 1. The topological polar surface area (TPSA) is 81.2 Å². The predicted octanol–water partition coefficient (Wildman–Crippen LogP) is 4.13. The number of nitrogens with one attached hydrogen (secondary N) is 2. The fraction of sp³-hybridized carbons (Fsp3) is 0.478. The van der Waals surface area contributed by atoms with Crippen LogP contribution in [0.1, 0.15) is 51.5 Å². The van der Waals surface area contributed by atoms with Gasteiger partial charge in [-0.15, -0.1) is 0 Å². The predicted molar refractivity (Wildman–Crippen MR) is 115 cm³/mol. The molecule has 1 saturated carbocycles. The van der Waals surface area contributed by atoms with E-state index in [1.165, 1.54) is 24.4 Å². The van der Waals surface area contributed by atoms with E-state index in [9.17, 15) is 13.7 Å². The highest BCUT2D eigenvalue weighted by molar-refractivity contribution is 6.11. The van der Waals surface area contributed by atoms with E-state index >= 15 is 0 Å². The van der Waals surface area contributed by atoms with Gasteiger partial charge in [0.2, 0.25) is 0 Å². The molecule has 2 N–H and O–H groups in total. The lowest BCUT2D eigenvalue weighted by molar-refractivity contribution is -0.196. The number of benzene rings is 1. The Morgan fingerprint density at radius 1 is 1.25 bits per heavy atom. The number of ether oxygens (including phenoxy) is 2. The van der Waals surface area contributed by atoms with Gasteiger partial charge >= 0.3 is 0 Å². The average molecular weight is 449 g/mol. The van der Waals surface area contributed by atoms with Gasteiger partial charge < -0.3 is 14.8 Å². The summed E-state index contributed by atoms with van der Waals surface area (Å²) in [4.78, 5) is 16.3. The number of hydroxylamine groups is 1. The van der Waals surface area contributed by atoms with Crippen LogP contribution in [0.5, 0.6) is 0 Å². The van der Waals surface area contributed by atoms with Crippen molar-refractivity contribution in [2.75, 3.05) is 13.2 Å². The molecule has 9 heteroatoms. The first-order valence-electron chi connectivity index (χ1n) is 10.8. The normalized spacial score (nSPS) is 20.6. The van der Waals surface area contributed by atoms with Crippen molar-refractivity contribution in [2.24, 2.45) is 4.99 Å². The average Bonchev–Trinajstić information content (AvgIpc) is 3.24. The molecule has 1 aliphatic heterocycles. The quantitative estimate of drug-likeness (QED) is 0.354. The monoisotopic (exact) mass is 449 g/mol. The summed E-state index contributed by atoms with van der Waals surface area (Å²) in [6.07, 6.45) is 7.95. The van der Waals surface area contributed by atoms with E-state index in [4.69, 9.17) is 9.47 Å². The lowest BCUT2D eigenvalue weighted by Crippen LogP contribution is -2.49. The summed E-state index contributed by atoms with van der Waals surface area (Å²) in [5.41, 5.74) is 1.96. The van der Waals surface area contributed by atoms with Crippen molar-refractivity contribution in [1.29, 1.82) is 0 Å². The van der Waals surface area contributed by atoms with Crippen molar-refractivity contribution in [3.63, 3.8) is 0 Å². The summed E-state index contributed by atoms with van der Waals surface area (Å²) in [6, 6.07) is 6.52. The van der Waals surface area contributed by atoms with E-state index in [2.05, 4.69) is 15.4 Å². The SMILES string of the molecule is C\C=C(/C=N\C(=C\CC)NC1(c2cccc(F)c2)CCC2(CC1)OCCO2)C(=O)NOF. The summed E-state index contributed by atoms with van der Waals surface area (Å²) >= 11 is 0. The van der Waals surface area contributed by atoms with Crippen LogP contribution in [0.4, 0.5) is 8.92 Å². The van der Waals surface area contributed by atoms with Crippen molar-refractivity contribution in [3.05, 3.63) is 59.2 Å². The van der Waals surface area contributed by atoms with E-state index in [1.807, 2.05) is 19.1 Å². The van der Waals surface area contributed by atoms with Crippen molar-refractivity contribution < 1.29 is 28.2 Å². The first kappa shape index (κ1) is 24.0. The summed E-state index contributed by atoms with van der Waals surface area (Å²) in [6.45, 7) is 4.74. The van der Waals surface area contributed by atoms with Gasteiger partial charge in [0.05, 0.1) is 24.3 Å². The van der Waals surface area contributed by atoms with Gasteiger partial charge in [-0.3, -0.25) is 4.79 Å². The Morgan fingerprint density at radius 2 is 1.97 bits per heavy atom. The first-order valence-corrected chi connectivity index (χ1v) is 10.8. The lowest BCUT2D eigenvalue weighted by atomic mass is 9.74. The van der Waals surface area contributed by atoms with Crippen LogP contribution in [0.15, 0.2) is 52.8 Å². The van der Waals surface area contributed by atoms with Gasteiger partial charge in [-0.05, 0) is 54.5 Å². The van der Waals surface area contributed by atoms with Crippen LogP contribution in [0.2, 0.25) is 0 Å². The highest BCUT2D eigenvalue weighted by Crippen LogP contribution is 2.45. The highest BCUT2D eigenvalue weighted by atomic mass is 19.3. The number of hydrogen-bond acceptors (Lipinski definition) is 6. The lowest BCUT2D eigenvalue weighted by Gasteiger charge is -2.45. The molecule has 1 spiro atoms. The molecule has 0 unspecified atom stereocenters. The second-order valence-electron chi connectivity index (χ2n) is 7.83. The second-order valence-corrected chi connectivity index (χ2v) is 7.83. The molecular formula is C23H29F2N3O4. The fourth-order valence-electron chi connectivity index (χ4n) is 4.19. The molecule has 1 saturated heterocycles. The van der Waals surface area contributed by atoms with Gasteiger partial charge in [-0.25, -0.2) is 9.38 Å². The van der Waals surface area contributed by atoms with Gasteiger partial charge in [0.1, 0.15) is 11.6 Å². The summed E-state index contributed by atoms with van der Waals surface area (Å²) in [5, 5.41) is 6.69. The molecule has 1 heterocycles. The second kappa shape index (κ2) is 10.8. The van der Waals surface area contributed by atoms with Gasteiger partial charge in [0, 0.05) is 19.1 Å². The molecule has 7 nitrogen and oxygen atoms in total. The van der Waals surface area contributed by atoms with E-state index in [1.54, 1.807) is 18.5 Å². The molecule has 174 valence electrons. The van der Waals surface area contributed by atoms with Gasteiger partial charge in [0.25, 0.3) is 5.91 Å². The Kier molecular flexibility index (Phi) is 8.11. The van der Waals surface area contributed by atoms with E-state index in [0.29, 0.717) is 51.1 Å². The number of carbonyl (C=O) groups is 1. The van der Waals surface area contributed by atoms with E-state index in [-0.39, 0.29) is 11.4 Å². The third-order valence-corrected chi connectivity index (χ3v) is 5.87. The zero-order chi connectivity index (χ0) is 23.0. The number of amides is 1. The minimum Gasteiger partial charge on any atom is -0.361 e. The molecule has 0 radical (unpaired) electrons. The summed E-state index contributed by atoms with van der Waals surface area (Å²) < 4.78 is 37.8. The Labute approximate surface area is 186 Å². The zero-order valence-electron chi connectivity index (χ0n) is 18.3. The highest BCUT2D eigenvalue weighted by Gasteiger charge is 2.47. The number of halogens is 2. The molecule has 32 heavy (non-hydrogen) atoms. The maximum absolute atomic E-state index is 14.1. The van der Waals surface area contributed by atoms with Crippen LogP contribution in [-0.2, 0) is 24.8 Å². The number of hydrogen-bond donors (Lipinski definition) is 2. The van der Waals surface area contributed by atoms with Crippen molar-refractivity contribution in [3.8, 4) is 0 Å². The van der Waals surface area contributed by atoms with E-state index in [0.717, 1.165) is 5.56 Å². The number of allylic oxidation sites excluding steroid dienone is 2. The van der Waals surface area contributed by atoms with Crippen LogP contribution in [-0.4, -0.2) is 31.1 Å². The van der Waals surface area contributed by atoms with Crippen molar-refractivity contribution in [1.82, 2.24) is 10.8 Å². The third kappa shape index (κ3) is 5.59. The molecule has 1 aromatic rings. The molecule has 0 bridgehead atoms. The minimum absolute atomic E-state index is 0.126. The van der Waals surface area contributed by atoms with E-state index < -0.39 is 17.2 Å². The molecular weight excluding hydrogens is 420 g/mol. The van der Waals surface area contributed by atoms with Crippen LogP contribution in [0, 0.1) is 5.82 Å². The van der Waals surface area contributed by atoms with Crippen LogP contribution < -0.4 is 10.8 Å². The number of aliphatic imine (C=N–C) groups is 1. The van der Waals surface area contributed by atoms with Crippen LogP contribution in [0.25, 0.3) is 0 Å². The molecule has 0 aromatic heterocycles. The van der Waals surface area contributed by atoms with Gasteiger partial charge in [-0.2, -0.15) is 5.48 Å². The van der Waals surface area contributed by atoms with Gasteiger partial charge in [-0.1, -0.05) is 30.2 Å². The Morgan fingerprint density at radius 3 is 2.56 bits per heavy atom.